The predicted molar refractivity (Wildman–Crippen MR) is 60.6 cm³/mol. The van der Waals surface area contributed by atoms with Crippen molar-refractivity contribution in [3.05, 3.63) is 0 Å². The zero-order chi connectivity index (χ0) is 12.2. The van der Waals surface area contributed by atoms with Gasteiger partial charge in [0.2, 0.25) is 5.91 Å². The SMILES string of the molecule is CCC(C)(C#N)C(=O)N1CCC(OC)CC1. The van der Waals surface area contributed by atoms with E-state index in [-0.39, 0.29) is 12.0 Å². The minimum absolute atomic E-state index is 0.0351. The first kappa shape index (κ1) is 13.0. The second kappa shape index (κ2) is 5.31. The maximum Gasteiger partial charge on any atom is 0.242 e. The quantitative estimate of drug-likeness (QED) is 0.731. The highest BCUT2D eigenvalue weighted by molar-refractivity contribution is 5.85. The Morgan fingerprint density at radius 1 is 1.56 bits per heavy atom. The van der Waals surface area contributed by atoms with Crippen molar-refractivity contribution < 1.29 is 9.53 Å². The fourth-order valence-electron chi connectivity index (χ4n) is 1.92. The predicted octanol–water partition coefficient (Wildman–Crippen LogP) is 1.56. The zero-order valence-corrected chi connectivity index (χ0v) is 10.3. The molecular formula is C12H20N2O2. The minimum Gasteiger partial charge on any atom is -0.381 e. The maximum atomic E-state index is 12.1. The summed E-state index contributed by atoms with van der Waals surface area (Å²) in [6.07, 6.45) is 2.56. The van der Waals surface area contributed by atoms with Crippen LogP contribution in [-0.2, 0) is 9.53 Å². The molecule has 1 rings (SSSR count). The van der Waals surface area contributed by atoms with E-state index in [1.54, 1.807) is 18.9 Å². The number of ether oxygens (including phenoxy) is 1. The van der Waals surface area contributed by atoms with Gasteiger partial charge in [-0.25, -0.2) is 0 Å². The summed E-state index contributed by atoms with van der Waals surface area (Å²) in [5, 5.41) is 9.06. The number of hydrogen-bond acceptors (Lipinski definition) is 3. The summed E-state index contributed by atoms with van der Waals surface area (Å²) in [6.45, 7) is 5.00. The van der Waals surface area contributed by atoms with Gasteiger partial charge >= 0.3 is 0 Å². The van der Waals surface area contributed by atoms with Crippen LogP contribution in [0.1, 0.15) is 33.1 Å². The normalized spacial score (nSPS) is 21.2. The highest BCUT2D eigenvalue weighted by Crippen LogP contribution is 2.25. The van der Waals surface area contributed by atoms with Crippen molar-refractivity contribution in [2.24, 2.45) is 5.41 Å². The summed E-state index contributed by atoms with van der Waals surface area (Å²) in [6, 6.07) is 2.13. The molecule has 0 aliphatic carbocycles. The Labute approximate surface area is 97.2 Å². The fourth-order valence-corrected chi connectivity index (χ4v) is 1.92. The molecule has 1 saturated heterocycles. The van der Waals surface area contributed by atoms with Gasteiger partial charge in [-0.05, 0) is 26.2 Å². The lowest BCUT2D eigenvalue weighted by Crippen LogP contribution is -2.46. The van der Waals surface area contributed by atoms with Crippen LogP contribution in [-0.4, -0.2) is 37.1 Å². The molecule has 0 radical (unpaired) electrons. The van der Waals surface area contributed by atoms with Crippen LogP contribution in [0.4, 0.5) is 0 Å². The highest BCUT2D eigenvalue weighted by Gasteiger charge is 2.36. The molecule has 1 aliphatic rings. The number of likely N-dealkylation sites (tertiary alicyclic amines) is 1. The number of methoxy groups -OCH3 is 1. The van der Waals surface area contributed by atoms with Crippen molar-refractivity contribution in [1.82, 2.24) is 4.90 Å². The second-order valence-corrected chi connectivity index (χ2v) is 4.52. The zero-order valence-electron chi connectivity index (χ0n) is 10.3. The average Bonchev–Trinajstić information content (AvgIpc) is 2.37. The van der Waals surface area contributed by atoms with Gasteiger partial charge in [0.05, 0.1) is 12.2 Å². The van der Waals surface area contributed by atoms with Gasteiger partial charge in [-0.1, -0.05) is 6.92 Å². The van der Waals surface area contributed by atoms with E-state index in [1.807, 2.05) is 6.92 Å². The first-order valence-corrected chi connectivity index (χ1v) is 5.80. The molecule has 0 N–H and O–H groups in total. The molecule has 90 valence electrons. The van der Waals surface area contributed by atoms with Crippen LogP contribution in [0.5, 0.6) is 0 Å². The number of carbonyl (C=O) groups excluding carboxylic acids is 1. The monoisotopic (exact) mass is 224 g/mol. The van der Waals surface area contributed by atoms with E-state index in [1.165, 1.54) is 0 Å². The van der Waals surface area contributed by atoms with Crippen molar-refractivity contribution in [1.29, 1.82) is 5.26 Å². The van der Waals surface area contributed by atoms with Crippen LogP contribution in [0.25, 0.3) is 0 Å². The van der Waals surface area contributed by atoms with E-state index < -0.39 is 5.41 Å². The molecule has 4 nitrogen and oxygen atoms in total. The molecule has 0 aromatic rings. The van der Waals surface area contributed by atoms with Gasteiger partial charge in [-0.3, -0.25) is 4.79 Å². The van der Waals surface area contributed by atoms with Crippen LogP contribution >= 0.6 is 0 Å². The lowest BCUT2D eigenvalue weighted by molar-refractivity contribution is -0.140. The Kier molecular flexibility index (Phi) is 4.31. The maximum absolute atomic E-state index is 12.1. The number of hydrogen-bond donors (Lipinski definition) is 0. The first-order chi connectivity index (χ1) is 7.57. The van der Waals surface area contributed by atoms with E-state index >= 15 is 0 Å². The molecule has 0 saturated carbocycles. The number of carbonyl (C=O) groups is 1. The summed E-state index contributed by atoms with van der Waals surface area (Å²) in [5.74, 6) is -0.0351. The Hall–Kier alpha value is -1.08. The van der Waals surface area contributed by atoms with Crippen LogP contribution < -0.4 is 0 Å². The molecule has 1 heterocycles. The van der Waals surface area contributed by atoms with E-state index in [2.05, 4.69) is 6.07 Å². The van der Waals surface area contributed by atoms with E-state index in [9.17, 15) is 4.79 Å². The lowest BCUT2D eigenvalue weighted by atomic mass is 9.87. The van der Waals surface area contributed by atoms with Gasteiger partial charge in [-0.15, -0.1) is 0 Å². The summed E-state index contributed by atoms with van der Waals surface area (Å²) >= 11 is 0. The van der Waals surface area contributed by atoms with Crippen molar-refractivity contribution in [3.8, 4) is 6.07 Å². The van der Waals surface area contributed by atoms with Gasteiger partial charge in [0.25, 0.3) is 0 Å². The number of nitrogens with zero attached hydrogens (tertiary/aromatic N) is 2. The number of nitriles is 1. The third-order valence-electron chi connectivity index (χ3n) is 3.49. The van der Waals surface area contributed by atoms with Gasteiger partial charge in [0.15, 0.2) is 0 Å². The standard InChI is InChI=1S/C12H20N2O2/c1-4-12(2,9-13)11(15)14-7-5-10(16-3)6-8-14/h10H,4-8H2,1-3H3. The van der Waals surface area contributed by atoms with Crippen molar-refractivity contribution in [2.45, 2.75) is 39.2 Å². The van der Waals surface area contributed by atoms with Gasteiger partial charge < -0.3 is 9.64 Å². The number of piperidine rings is 1. The highest BCUT2D eigenvalue weighted by atomic mass is 16.5. The van der Waals surface area contributed by atoms with Crippen molar-refractivity contribution in [2.75, 3.05) is 20.2 Å². The lowest BCUT2D eigenvalue weighted by Gasteiger charge is -2.35. The molecule has 1 unspecified atom stereocenters. The van der Waals surface area contributed by atoms with Crippen molar-refractivity contribution in [3.63, 3.8) is 0 Å². The smallest absolute Gasteiger partial charge is 0.242 e. The summed E-state index contributed by atoms with van der Waals surface area (Å²) < 4.78 is 5.25. The van der Waals surface area contributed by atoms with Crippen LogP contribution in [0.3, 0.4) is 0 Å². The number of amides is 1. The Morgan fingerprint density at radius 3 is 2.50 bits per heavy atom. The van der Waals surface area contributed by atoms with E-state index in [0.717, 1.165) is 12.8 Å². The third kappa shape index (κ3) is 2.53. The molecular weight excluding hydrogens is 204 g/mol. The Bertz CT molecular complexity index is 290. The topological polar surface area (TPSA) is 53.3 Å². The molecule has 1 atom stereocenters. The largest absolute Gasteiger partial charge is 0.381 e. The van der Waals surface area contributed by atoms with Gasteiger partial charge in [0.1, 0.15) is 5.41 Å². The Balaban J connectivity index is 2.60. The summed E-state index contributed by atoms with van der Waals surface area (Å²) in [5.41, 5.74) is -0.861. The van der Waals surface area contributed by atoms with Gasteiger partial charge in [-0.2, -0.15) is 5.26 Å². The molecule has 0 aromatic carbocycles. The molecule has 0 aromatic heterocycles. The third-order valence-corrected chi connectivity index (χ3v) is 3.49. The fraction of sp³-hybridized carbons (Fsp3) is 0.833. The van der Waals surface area contributed by atoms with Gasteiger partial charge in [0, 0.05) is 20.2 Å². The molecule has 1 aliphatic heterocycles. The van der Waals surface area contributed by atoms with Crippen LogP contribution in [0.2, 0.25) is 0 Å². The van der Waals surface area contributed by atoms with Crippen molar-refractivity contribution >= 4 is 5.91 Å². The molecule has 1 fully saturated rings. The summed E-state index contributed by atoms with van der Waals surface area (Å²) in [7, 11) is 1.70. The average molecular weight is 224 g/mol. The molecule has 1 amide bonds. The van der Waals surface area contributed by atoms with E-state index in [0.29, 0.717) is 19.5 Å². The van der Waals surface area contributed by atoms with E-state index in [4.69, 9.17) is 10.00 Å². The van der Waals surface area contributed by atoms with Crippen LogP contribution in [0.15, 0.2) is 0 Å². The first-order valence-electron chi connectivity index (χ1n) is 5.80. The molecule has 0 spiro atoms. The summed E-state index contributed by atoms with van der Waals surface area (Å²) in [4.78, 5) is 13.9. The molecule has 0 bridgehead atoms. The minimum atomic E-state index is -0.861. The molecule has 4 heteroatoms. The second-order valence-electron chi connectivity index (χ2n) is 4.52. The number of rotatable bonds is 3. The van der Waals surface area contributed by atoms with Crippen LogP contribution in [0, 0.1) is 16.7 Å². The Morgan fingerprint density at radius 2 is 2.12 bits per heavy atom. The molecule has 16 heavy (non-hydrogen) atoms.